The van der Waals surface area contributed by atoms with Crippen LogP contribution in [0.2, 0.25) is 0 Å². The van der Waals surface area contributed by atoms with Crippen LogP contribution in [0.3, 0.4) is 0 Å². The van der Waals surface area contributed by atoms with Crippen molar-refractivity contribution >= 4 is 35.0 Å². The number of benzene rings is 2. The Morgan fingerprint density at radius 3 is 2.48 bits per heavy atom. The fourth-order valence-corrected chi connectivity index (χ4v) is 5.19. The van der Waals surface area contributed by atoms with Crippen LogP contribution in [0.1, 0.15) is 31.3 Å². The number of carbonyl (C=O) groups is 2. The van der Waals surface area contributed by atoms with Gasteiger partial charge in [0.2, 0.25) is 5.91 Å². The highest BCUT2D eigenvalue weighted by Crippen LogP contribution is 2.42. The number of aryl methyl sites for hydroxylation is 1. The van der Waals surface area contributed by atoms with Gasteiger partial charge < -0.3 is 29.8 Å². The molecular formula is C30H30N4O5S. The van der Waals surface area contributed by atoms with E-state index in [4.69, 9.17) is 13.9 Å². The summed E-state index contributed by atoms with van der Waals surface area (Å²) in [6, 6.07) is 20.0. The van der Waals surface area contributed by atoms with Crippen LogP contribution in [-0.4, -0.2) is 31.3 Å². The first-order valence-electron chi connectivity index (χ1n) is 12.6. The number of hydrogen-bond acceptors (Lipinski definition) is 8. The molecule has 3 N–H and O–H groups in total. The van der Waals surface area contributed by atoms with E-state index in [0.29, 0.717) is 51.6 Å². The number of nitrogens with zero attached hydrogens (tertiary/aromatic N) is 1. The molecule has 40 heavy (non-hydrogen) atoms. The number of methoxy groups -OCH3 is 1. The van der Waals surface area contributed by atoms with E-state index in [1.165, 1.54) is 18.9 Å². The first-order valence-corrected chi connectivity index (χ1v) is 13.6. The summed E-state index contributed by atoms with van der Waals surface area (Å²) < 4.78 is 16.7. The molecule has 9 nitrogen and oxygen atoms in total. The highest BCUT2D eigenvalue weighted by Gasteiger charge is 2.37. The molecule has 0 fully saturated rings. The van der Waals surface area contributed by atoms with Gasteiger partial charge in [-0.3, -0.25) is 9.59 Å². The van der Waals surface area contributed by atoms with E-state index in [1.807, 2.05) is 13.0 Å². The molecule has 0 saturated carbocycles. The zero-order valence-electron chi connectivity index (χ0n) is 22.7. The maximum absolute atomic E-state index is 13.6. The van der Waals surface area contributed by atoms with Gasteiger partial charge in [-0.05, 0) is 69.3 Å². The van der Waals surface area contributed by atoms with E-state index < -0.39 is 11.8 Å². The average molecular weight is 559 g/mol. The van der Waals surface area contributed by atoms with Gasteiger partial charge in [0, 0.05) is 11.4 Å². The topological polar surface area (TPSA) is 126 Å². The van der Waals surface area contributed by atoms with Crippen LogP contribution < -0.4 is 25.4 Å². The second kappa shape index (κ2) is 13.0. The summed E-state index contributed by atoms with van der Waals surface area (Å²) in [5, 5.41) is 19.7. The third-order valence-corrected chi connectivity index (χ3v) is 7.11. The summed E-state index contributed by atoms with van der Waals surface area (Å²) in [7, 11) is 1.53. The predicted molar refractivity (Wildman–Crippen MR) is 155 cm³/mol. The quantitative estimate of drug-likeness (QED) is 0.289. The first kappa shape index (κ1) is 28.4. The fourth-order valence-electron chi connectivity index (χ4n) is 4.29. The monoisotopic (exact) mass is 558 g/mol. The van der Waals surface area contributed by atoms with Gasteiger partial charge in [-0.15, -0.1) is 0 Å². The average Bonchev–Trinajstić information content (AvgIpc) is 3.38. The zero-order valence-corrected chi connectivity index (χ0v) is 23.5. The molecule has 3 aromatic rings. The Hall–Kier alpha value is -4.62. The minimum atomic E-state index is -0.772. The van der Waals surface area contributed by atoms with E-state index >= 15 is 0 Å². The molecule has 1 aromatic heterocycles. The van der Waals surface area contributed by atoms with Crippen molar-refractivity contribution in [1.82, 2.24) is 5.32 Å². The Kier molecular flexibility index (Phi) is 9.19. The smallest absolute Gasteiger partial charge is 0.254 e. The van der Waals surface area contributed by atoms with Crippen LogP contribution in [0.25, 0.3) is 0 Å². The Morgan fingerprint density at radius 1 is 1.07 bits per heavy atom. The normalized spacial score (nSPS) is 14.7. The molecule has 4 rings (SSSR count). The number of amides is 2. The summed E-state index contributed by atoms with van der Waals surface area (Å²) in [4.78, 5) is 26.4. The summed E-state index contributed by atoms with van der Waals surface area (Å²) in [5.74, 6) is 0.957. The number of ether oxygens (including phenoxy) is 2. The first-order chi connectivity index (χ1) is 19.3. The van der Waals surface area contributed by atoms with Crippen LogP contribution >= 0.6 is 11.8 Å². The highest BCUT2D eigenvalue weighted by atomic mass is 32.2. The number of furan rings is 1. The molecule has 0 aliphatic carbocycles. The van der Waals surface area contributed by atoms with E-state index in [2.05, 4.69) is 22.0 Å². The number of nitriles is 1. The van der Waals surface area contributed by atoms with Crippen LogP contribution in [-0.2, 0) is 9.59 Å². The highest BCUT2D eigenvalue weighted by molar-refractivity contribution is 8.03. The van der Waals surface area contributed by atoms with Gasteiger partial charge in [-0.1, -0.05) is 23.9 Å². The standard InChI is InChI=1S/C30H30N4O5S/c1-5-38-21-13-11-20(12-14-21)33-26(35)17-40-30-22(16-31)28(25-15-10-18(2)39-25)27(19(3)32-30)29(36)34-23-8-6-7-9-24(23)37-4/h6-15,28,32H,5,17H2,1-4H3,(H,33,35)(H,34,36). The van der Waals surface area contributed by atoms with Gasteiger partial charge in [0.05, 0.1) is 53.3 Å². The van der Waals surface area contributed by atoms with Crippen molar-refractivity contribution < 1.29 is 23.5 Å². The molecule has 10 heteroatoms. The summed E-state index contributed by atoms with van der Waals surface area (Å²) in [6.07, 6.45) is 0. The lowest BCUT2D eigenvalue weighted by atomic mass is 9.85. The third-order valence-electron chi connectivity index (χ3n) is 6.09. The molecule has 1 aliphatic rings. The van der Waals surface area contributed by atoms with E-state index in [0.717, 1.165) is 5.75 Å². The summed E-state index contributed by atoms with van der Waals surface area (Å²) in [5.41, 5.74) is 2.29. The maximum Gasteiger partial charge on any atom is 0.254 e. The molecule has 1 aliphatic heterocycles. The maximum atomic E-state index is 13.6. The van der Waals surface area contributed by atoms with Crippen LogP contribution in [0.15, 0.2) is 87.0 Å². The van der Waals surface area contributed by atoms with Crippen molar-refractivity contribution in [3.63, 3.8) is 0 Å². The van der Waals surface area contributed by atoms with Crippen molar-refractivity contribution in [1.29, 1.82) is 5.26 Å². The number of allylic oxidation sites excluding steroid dienone is 2. The largest absolute Gasteiger partial charge is 0.495 e. The molecule has 2 amide bonds. The summed E-state index contributed by atoms with van der Waals surface area (Å²) in [6.45, 7) is 6.02. The lowest BCUT2D eigenvalue weighted by Gasteiger charge is -2.28. The minimum Gasteiger partial charge on any atom is -0.495 e. The Bertz CT molecular complexity index is 1500. The van der Waals surface area contributed by atoms with Crippen LogP contribution in [0.5, 0.6) is 11.5 Å². The molecule has 1 unspecified atom stereocenters. The molecule has 0 spiro atoms. The molecule has 2 heterocycles. The van der Waals surface area contributed by atoms with E-state index in [-0.39, 0.29) is 17.2 Å². The van der Waals surface area contributed by atoms with E-state index in [9.17, 15) is 14.9 Å². The number of para-hydroxylation sites is 2. The Morgan fingerprint density at radius 2 is 1.82 bits per heavy atom. The number of hydrogen-bond donors (Lipinski definition) is 3. The van der Waals surface area contributed by atoms with Gasteiger partial charge in [0.25, 0.3) is 5.91 Å². The lowest BCUT2D eigenvalue weighted by Crippen LogP contribution is -2.31. The number of carbonyl (C=O) groups excluding carboxylic acids is 2. The van der Waals surface area contributed by atoms with Gasteiger partial charge >= 0.3 is 0 Å². The third kappa shape index (κ3) is 6.50. The van der Waals surface area contributed by atoms with Crippen molar-refractivity contribution in [3.05, 3.63) is 94.1 Å². The molecule has 0 radical (unpaired) electrons. The molecular weight excluding hydrogens is 528 g/mol. The second-order valence-electron chi connectivity index (χ2n) is 8.85. The van der Waals surface area contributed by atoms with Crippen molar-refractivity contribution in [2.45, 2.75) is 26.7 Å². The number of nitrogens with one attached hydrogen (secondary N) is 3. The number of thioether (sulfide) groups is 1. The Labute approximate surface area is 237 Å². The molecule has 2 aromatic carbocycles. The lowest BCUT2D eigenvalue weighted by molar-refractivity contribution is -0.114. The van der Waals surface area contributed by atoms with Gasteiger partial charge in [0.1, 0.15) is 23.0 Å². The zero-order chi connectivity index (χ0) is 28.6. The number of dihydropyridines is 1. The van der Waals surface area contributed by atoms with E-state index in [1.54, 1.807) is 68.4 Å². The minimum absolute atomic E-state index is 0.0423. The molecule has 1 atom stereocenters. The Balaban J connectivity index is 1.57. The molecule has 0 bridgehead atoms. The number of rotatable bonds is 10. The van der Waals surface area contributed by atoms with Gasteiger partial charge in [-0.2, -0.15) is 5.26 Å². The summed E-state index contributed by atoms with van der Waals surface area (Å²) >= 11 is 1.18. The predicted octanol–water partition coefficient (Wildman–Crippen LogP) is 5.70. The SMILES string of the molecule is CCOc1ccc(NC(=O)CSC2=C(C#N)C(c3ccc(C)o3)C(C(=O)Nc3ccccc3OC)=C(C)N2)cc1. The molecule has 206 valence electrons. The fraction of sp³-hybridized carbons (Fsp3) is 0.233. The van der Waals surface area contributed by atoms with Crippen LogP contribution in [0, 0.1) is 18.3 Å². The van der Waals surface area contributed by atoms with Gasteiger partial charge in [0.15, 0.2) is 0 Å². The second-order valence-corrected chi connectivity index (χ2v) is 9.83. The van der Waals surface area contributed by atoms with Crippen LogP contribution in [0.4, 0.5) is 11.4 Å². The van der Waals surface area contributed by atoms with Gasteiger partial charge in [-0.25, -0.2) is 0 Å². The van der Waals surface area contributed by atoms with Crippen molar-refractivity contribution in [2.24, 2.45) is 0 Å². The number of anilines is 2. The van der Waals surface area contributed by atoms with Crippen molar-refractivity contribution in [3.8, 4) is 17.6 Å². The van der Waals surface area contributed by atoms with Crippen molar-refractivity contribution in [2.75, 3.05) is 30.1 Å². The molecule has 0 saturated heterocycles.